The van der Waals surface area contributed by atoms with Crippen LogP contribution in [0, 0.1) is 39.0 Å². The van der Waals surface area contributed by atoms with Gasteiger partial charge in [0, 0.05) is 11.6 Å². The largest absolute Gasteiger partial charge is 0.212 e. The molecule has 0 radical (unpaired) electrons. The van der Waals surface area contributed by atoms with Crippen molar-refractivity contribution in [3.05, 3.63) is 76.5 Å². The molecule has 0 aliphatic heterocycles. The molecule has 2 nitrogen and oxygen atoms in total. The van der Waals surface area contributed by atoms with Gasteiger partial charge < -0.3 is 0 Å². The highest BCUT2D eigenvalue weighted by Gasteiger charge is 2.18. The number of rotatable bonds is 2. The molecule has 0 amide bonds. The molecule has 1 aromatic heterocycles. The number of nitrogens with zero attached hydrogens (tertiary/aromatic N) is 2. The van der Waals surface area contributed by atoms with Gasteiger partial charge in [0.1, 0.15) is 7.05 Å². The molecule has 2 heteroatoms. The lowest BCUT2D eigenvalue weighted by Gasteiger charge is -2.15. The molecule has 0 bridgehead atoms. The van der Waals surface area contributed by atoms with Gasteiger partial charge in [0.05, 0.1) is 17.2 Å². The van der Waals surface area contributed by atoms with Crippen molar-refractivity contribution in [3.8, 4) is 28.5 Å². The molecule has 0 fully saturated rings. The van der Waals surface area contributed by atoms with Gasteiger partial charge in [-0.2, -0.15) is 5.26 Å². The van der Waals surface area contributed by atoms with Crippen molar-refractivity contribution in [2.75, 3.05) is 0 Å². The summed E-state index contributed by atoms with van der Waals surface area (Å²) in [5.74, 6) is 0. The summed E-state index contributed by atoms with van der Waals surface area (Å²) in [6.07, 6.45) is 2.16. The van der Waals surface area contributed by atoms with E-state index in [-0.39, 0.29) is 0 Å². The molecule has 1 heterocycles. The lowest BCUT2D eigenvalue weighted by Crippen LogP contribution is -2.31. The first-order valence-electron chi connectivity index (χ1n) is 8.50. The van der Waals surface area contributed by atoms with Gasteiger partial charge in [-0.15, -0.1) is 0 Å². The number of aromatic nitrogens is 1. The SMILES string of the molecule is Cc1ccc(-c2c(C)ccc(-c3ccc(C#N)cc3C)c2C)[n+](C)c1. The Balaban J connectivity index is 2.24. The van der Waals surface area contributed by atoms with Crippen LogP contribution in [-0.4, -0.2) is 0 Å². The Morgan fingerprint density at radius 2 is 1.56 bits per heavy atom. The third kappa shape index (κ3) is 3.06. The highest BCUT2D eigenvalue weighted by atomic mass is 14.9. The summed E-state index contributed by atoms with van der Waals surface area (Å²) in [6, 6.07) is 16.9. The fraction of sp³-hybridized carbons (Fsp3) is 0.217. The Kier molecular flexibility index (Phi) is 4.42. The Bertz CT molecular complexity index is 1010. The summed E-state index contributed by atoms with van der Waals surface area (Å²) in [4.78, 5) is 0. The maximum atomic E-state index is 9.11. The van der Waals surface area contributed by atoms with Crippen LogP contribution in [0.2, 0.25) is 0 Å². The maximum Gasteiger partial charge on any atom is 0.212 e. The highest BCUT2D eigenvalue weighted by Crippen LogP contribution is 2.34. The van der Waals surface area contributed by atoms with Gasteiger partial charge >= 0.3 is 0 Å². The van der Waals surface area contributed by atoms with E-state index in [1.54, 1.807) is 0 Å². The van der Waals surface area contributed by atoms with Gasteiger partial charge in [-0.05, 0) is 73.7 Å². The highest BCUT2D eigenvalue weighted by molar-refractivity contribution is 5.79. The molecule has 0 aliphatic carbocycles. The topological polar surface area (TPSA) is 27.7 Å². The van der Waals surface area contributed by atoms with Gasteiger partial charge in [-0.25, -0.2) is 4.57 Å². The smallest absolute Gasteiger partial charge is 0.201 e. The zero-order valence-electron chi connectivity index (χ0n) is 15.5. The van der Waals surface area contributed by atoms with E-state index in [1.807, 2.05) is 12.1 Å². The van der Waals surface area contributed by atoms with Crippen LogP contribution >= 0.6 is 0 Å². The summed E-state index contributed by atoms with van der Waals surface area (Å²) in [6.45, 7) is 8.54. The van der Waals surface area contributed by atoms with E-state index in [1.165, 1.54) is 39.1 Å². The second-order valence-corrected chi connectivity index (χ2v) is 6.77. The van der Waals surface area contributed by atoms with Crippen LogP contribution in [0.4, 0.5) is 0 Å². The summed E-state index contributed by atoms with van der Waals surface area (Å²) in [5.41, 5.74) is 10.5. The van der Waals surface area contributed by atoms with Crippen LogP contribution in [0.25, 0.3) is 22.4 Å². The molecule has 25 heavy (non-hydrogen) atoms. The van der Waals surface area contributed by atoms with Gasteiger partial charge in [-0.3, -0.25) is 0 Å². The molecule has 3 aromatic rings. The van der Waals surface area contributed by atoms with E-state index in [0.29, 0.717) is 5.56 Å². The summed E-state index contributed by atoms with van der Waals surface area (Å²) in [5, 5.41) is 9.11. The molecular weight excluding hydrogens is 304 g/mol. The molecule has 124 valence electrons. The van der Waals surface area contributed by atoms with Crippen molar-refractivity contribution < 1.29 is 4.57 Å². The van der Waals surface area contributed by atoms with Crippen LogP contribution in [0.3, 0.4) is 0 Å². The molecule has 0 N–H and O–H groups in total. The van der Waals surface area contributed by atoms with E-state index >= 15 is 0 Å². The summed E-state index contributed by atoms with van der Waals surface area (Å²) in [7, 11) is 2.10. The molecule has 0 unspecified atom stereocenters. The van der Waals surface area contributed by atoms with E-state index < -0.39 is 0 Å². The van der Waals surface area contributed by atoms with E-state index in [4.69, 9.17) is 5.26 Å². The second kappa shape index (κ2) is 6.53. The van der Waals surface area contributed by atoms with Crippen molar-refractivity contribution in [3.63, 3.8) is 0 Å². The average Bonchev–Trinajstić information content (AvgIpc) is 2.57. The van der Waals surface area contributed by atoms with Gasteiger partial charge in [-0.1, -0.05) is 18.2 Å². The predicted octanol–water partition coefficient (Wildman–Crippen LogP) is 4.95. The van der Waals surface area contributed by atoms with Gasteiger partial charge in [0.15, 0.2) is 6.20 Å². The fourth-order valence-corrected chi connectivity index (χ4v) is 3.57. The lowest BCUT2D eigenvalue weighted by molar-refractivity contribution is -0.660. The normalized spacial score (nSPS) is 10.6. The van der Waals surface area contributed by atoms with Crippen LogP contribution in [0.1, 0.15) is 27.8 Å². The van der Waals surface area contributed by atoms with Crippen LogP contribution in [0.15, 0.2) is 48.7 Å². The van der Waals surface area contributed by atoms with E-state index in [0.717, 1.165) is 5.56 Å². The van der Waals surface area contributed by atoms with Crippen molar-refractivity contribution in [1.29, 1.82) is 5.26 Å². The number of pyridine rings is 1. The maximum absolute atomic E-state index is 9.11. The van der Waals surface area contributed by atoms with E-state index in [2.05, 4.69) is 81.9 Å². The number of aryl methyl sites for hydroxylation is 4. The van der Waals surface area contributed by atoms with Gasteiger partial charge in [0.25, 0.3) is 0 Å². The third-order valence-corrected chi connectivity index (χ3v) is 4.86. The van der Waals surface area contributed by atoms with Crippen molar-refractivity contribution in [2.24, 2.45) is 7.05 Å². The minimum atomic E-state index is 0.705. The number of hydrogen-bond donors (Lipinski definition) is 0. The van der Waals surface area contributed by atoms with Crippen molar-refractivity contribution >= 4 is 0 Å². The second-order valence-electron chi connectivity index (χ2n) is 6.77. The Hall–Kier alpha value is -2.92. The first kappa shape index (κ1) is 16.9. The minimum Gasteiger partial charge on any atom is -0.201 e. The zero-order chi connectivity index (χ0) is 18.1. The van der Waals surface area contributed by atoms with Gasteiger partial charge in [0.2, 0.25) is 5.69 Å². The quantitative estimate of drug-likeness (QED) is 0.612. The molecule has 0 spiro atoms. The minimum absolute atomic E-state index is 0.705. The molecule has 0 saturated heterocycles. The molecule has 0 aliphatic rings. The number of hydrogen-bond acceptors (Lipinski definition) is 1. The first-order chi connectivity index (χ1) is 11.9. The fourth-order valence-electron chi connectivity index (χ4n) is 3.57. The van der Waals surface area contributed by atoms with Crippen molar-refractivity contribution in [2.45, 2.75) is 27.7 Å². The molecular formula is C23H23N2+. The molecule has 0 atom stereocenters. The van der Waals surface area contributed by atoms with Crippen LogP contribution < -0.4 is 4.57 Å². The molecule has 3 rings (SSSR count). The Morgan fingerprint density at radius 3 is 2.20 bits per heavy atom. The molecule has 2 aromatic carbocycles. The average molecular weight is 327 g/mol. The number of benzene rings is 2. The monoisotopic (exact) mass is 327 g/mol. The predicted molar refractivity (Wildman–Crippen MR) is 102 cm³/mol. The van der Waals surface area contributed by atoms with Crippen molar-refractivity contribution in [1.82, 2.24) is 0 Å². The lowest BCUT2D eigenvalue weighted by atomic mass is 9.89. The zero-order valence-corrected chi connectivity index (χ0v) is 15.5. The third-order valence-electron chi connectivity index (χ3n) is 4.86. The first-order valence-corrected chi connectivity index (χ1v) is 8.50. The Labute approximate surface area is 150 Å². The molecule has 0 saturated carbocycles. The summed E-state index contributed by atoms with van der Waals surface area (Å²) >= 11 is 0. The Morgan fingerprint density at radius 1 is 0.840 bits per heavy atom. The standard InChI is InChI=1S/C23H23N2/c1-15-6-11-22(25(5)14-15)23-16(2)7-9-21(18(23)4)20-10-8-19(13-24)12-17(20)3/h6-12,14H,1-5H3/q+1. The van der Waals surface area contributed by atoms with Crippen LogP contribution in [0.5, 0.6) is 0 Å². The van der Waals surface area contributed by atoms with Crippen LogP contribution in [-0.2, 0) is 7.05 Å². The summed E-state index contributed by atoms with van der Waals surface area (Å²) < 4.78 is 2.19. The van der Waals surface area contributed by atoms with E-state index in [9.17, 15) is 0 Å². The number of nitriles is 1.